The summed E-state index contributed by atoms with van der Waals surface area (Å²) in [6, 6.07) is 4.65. The summed E-state index contributed by atoms with van der Waals surface area (Å²) in [7, 11) is 0. The first-order chi connectivity index (χ1) is 9.40. The summed E-state index contributed by atoms with van der Waals surface area (Å²) in [5.74, 6) is 4.73. The molecule has 1 saturated carbocycles. The molecule has 0 saturated heterocycles. The molecule has 0 heterocycles. The highest BCUT2D eigenvalue weighted by Gasteiger charge is 2.36. The smallest absolute Gasteiger partial charge is 0.284 e. The van der Waals surface area contributed by atoms with Crippen molar-refractivity contribution in [2.75, 3.05) is 0 Å². The molecule has 7 heteroatoms. The van der Waals surface area contributed by atoms with E-state index < -0.39 is 12.0 Å². The summed E-state index contributed by atoms with van der Waals surface area (Å²) in [6.07, 6.45) is 0.636. The Labute approximate surface area is 126 Å². The van der Waals surface area contributed by atoms with E-state index in [1.807, 2.05) is 0 Å². The number of amides is 2. The van der Waals surface area contributed by atoms with Gasteiger partial charge in [-0.2, -0.15) is 0 Å². The maximum Gasteiger partial charge on any atom is 0.284 e. The van der Waals surface area contributed by atoms with Crippen molar-refractivity contribution in [3.05, 3.63) is 28.2 Å². The van der Waals surface area contributed by atoms with Crippen LogP contribution < -0.4 is 10.6 Å². The summed E-state index contributed by atoms with van der Waals surface area (Å²) < 4.78 is 5.42. The average molecular weight is 317 g/mol. The van der Waals surface area contributed by atoms with Gasteiger partial charge in [-0.1, -0.05) is 23.2 Å². The fraction of sp³-hybridized carbons (Fsp3) is 0.385. The summed E-state index contributed by atoms with van der Waals surface area (Å²) in [6.45, 7) is 1.51. The van der Waals surface area contributed by atoms with Gasteiger partial charge in [0, 0.05) is 10.9 Å². The van der Waals surface area contributed by atoms with Gasteiger partial charge in [0.05, 0.1) is 5.02 Å². The maximum absolute atomic E-state index is 12.0. The van der Waals surface area contributed by atoms with Crippen LogP contribution in [0.5, 0.6) is 5.75 Å². The largest absolute Gasteiger partial charge is 0.479 e. The van der Waals surface area contributed by atoms with Gasteiger partial charge < -0.3 is 4.74 Å². The van der Waals surface area contributed by atoms with Gasteiger partial charge in [-0.25, -0.2) is 10.9 Å². The second-order valence-electron chi connectivity index (χ2n) is 4.66. The topological polar surface area (TPSA) is 72.6 Å². The number of hydrogen-bond donors (Lipinski definition) is 1. The lowest BCUT2D eigenvalue weighted by molar-refractivity contribution is -0.150. The molecule has 0 bridgehead atoms. The molecular weight excluding hydrogens is 303 g/mol. The number of imide groups is 1. The van der Waals surface area contributed by atoms with Crippen molar-refractivity contribution in [3.8, 4) is 5.75 Å². The van der Waals surface area contributed by atoms with Crippen LogP contribution in [0.25, 0.3) is 0 Å². The van der Waals surface area contributed by atoms with Gasteiger partial charge >= 0.3 is 0 Å². The Bertz CT molecular complexity index is 546. The summed E-state index contributed by atoms with van der Waals surface area (Å²) in [5, 5.41) is 1.38. The summed E-state index contributed by atoms with van der Waals surface area (Å²) in [5.41, 5.74) is 0. The molecule has 108 valence electrons. The normalized spacial score (nSPS) is 15.6. The van der Waals surface area contributed by atoms with E-state index in [1.165, 1.54) is 13.0 Å². The van der Waals surface area contributed by atoms with E-state index >= 15 is 0 Å². The Kier molecular flexibility index (Phi) is 4.52. The molecule has 1 unspecified atom stereocenters. The first kappa shape index (κ1) is 15.1. The molecule has 2 rings (SSSR count). The standard InChI is InChI=1S/C13H14Cl2N2O3/c1-7(12(18)17(16)13(19)8-2-3-8)20-11-5-4-9(14)6-10(11)15/h4-8H,2-3,16H2,1H3. The molecule has 1 fully saturated rings. The molecule has 1 aliphatic rings. The van der Waals surface area contributed by atoms with Crippen molar-refractivity contribution in [3.63, 3.8) is 0 Å². The van der Waals surface area contributed by atoms with Crippen LogP contribution in [0.4, 0.5) is 0 Å². The average Bonchev–Trinajstić information content (AvgIpc) is 3.23. The molecule has 2 N–H and O–H groups in total. The van der Waals surface area contributed by atoms with Crippen molar-refractivity contribution in [1.82, 2.24) is 5.01 Å². The maximum atomic E-state index is 12.0. The monoisotopic (exact) mass is 316 g/mol. The third-order valence-electron chi connectivity index (χ3n) is 2.95. The molecule has 1 aromatic rings. The Balaban J connectivity index is 2.01. The van der Waals surface area contributed by atoms with Crippen molar-refractivity contribution in [2.24, 2.45) is 11.8 Å². The first-order valence-electron chi connectivity index (χ1n) is 6.14. The van der Waals surface area contributed by atoms with Gasteiger partial charge in [0.15, 0.2) is 6.10 Å². The molecule has 1 atom stereocenters. The number of carbonyl (C=O) groups excluding carboxylic acids is 2. The van der Waals surface area contributed by atoms with Crippen LogP contribution in [0.2, 0.25) is 10.0 Å². The molecule has 0 spiro atoms. The lowest BCUT2D eigenvalue weighted by atomic mass is 10.3. The highest BCUT2D eigenvalue weighted by molar-refractivity contribution is 6.35. The highest BCUT2D eigenvalue weighted by Crippen LogP contribution is 2.31. The van der Waals surface area contributed by atoms with Gasteiger partial charge in [-0.05, 0) is 38.0 Å². The first-order valence-corrected chi connectivity index (χ1v) is 6.90. The van der Waals surface area contributed by atoms with Crippen LogP contribution in [0.3, 0.4) is 0 Å². The fourth-order valence-electron chi connectivity index (χ4n) is 1.64. The molecule has 1 aliphatic carbocycles. The number of ether oxygens (including phenoxy) is 1. The summed E-state index contributed by atoms with van der Waals surface area (Å²) in [4.78, 5) is 23.7. The van der Waals surface area contributed by atoms with E-state index in [1.54, 1.807) is 12.1 Å². The third kappa shape index (κ3) is 3.42. The highest BCUT2D eigenvalue weighted by atomic mass is 35.5. The van der Waals surface area contributed by atoms with E-state index in [9.17, 15) is 9.59 Å². The van der Waals surface area contributed by atoms with Crippen molar-refractivity contribution < 1.29 is 14.3 Å². The zero-order chi connectivity index (χ0) is 14.9. The SMILES string of the molecule is CC(Oc1ccc(Cl)cc1Cl)C(=O)N(N)C(=O)C1CC1. The number of hydrazine groups is 1. The molecule has 0 aliphatic heterocycles. The molecular formula is C13H14Cl2N2O3. The lowest BCUT2D eigenvalue weighted by Crippen LogP contribution is -2.49. The van der Waals surface area contributed by atoms with Gasteiger partial charge in [-0.15, -0.1) is 0 Å². The Morgan fingerprint density at radius 2 is 2.05 bits per heavy atom. The zero-order valence-corrected chi connectivity index (χ0v) is 12.3. The van der Waals surface area contributed by atoms with E-state index in [2.05, 4.69) is 0 Å². The van der Waals surface area contributed by atoms with Crippen LogP contribution in [0.15, 0.2) is 18.2 Å². The number of halogens is 2. The van der Waals surface area contributed by atoms with Gasteiger partial charge in [0.2, 0.25) is 5.91 Å². The minimum absolute atomic E-state index is 0.129. The van der Waals surface area contributed by atoms with Crippen LogP contribution >= 0.6 is 23.2 Å². The molecule has 0 radical (unpaired) electrons. The molecule has 0 aromatic heterocycles. The predicted octanol–water partition coefficient (Wildman–Crippen LogP) is 2.40. The quantitative estimate of drug-likeness (QED) is 0.526. The summed E-state index contributed by atoms with van der Waals surface area (Å²) >= 11 is 11.7. The van der Waals surface area contributed by atoms with E-state index in [0.29, 0.717) is 15.8 Å². The van der Waals surface area contributed by atoms with Crippen LogP contribution in [0, 0.1) is 5.92 Å². The van der Waals surface area contributed by atoms with E-state index in [-0.39, 0.29) is 16.8 Å². The number of hydrogen-bond acceptors (Lipinski definition) is 4. The van der Waals surface area contributed by atoms with Crippen LogP contribution in [0.1, 0.15) is 19.8 Å². The number of benzene rings is 1. The Morgan fingerprint density at radius 3 is 2.60 bits per heavy atom. The second-order valence-corrected chi connectivity index (χ2v) is 5.50. The minimum atomic E-state index is -0.915. The number of nitrogens with zero attached hydrogens (tertiary/aromatic N) is 1. The zero-order valence-electron chi connectivity index (χ0n) is 10.8. The minimum Gasteiger partial charge on any atom is -0.479 e. The van der Waals surface area contributed by atoms with E-state index in [4.69, 9.17) is 33.8 Å². The predicted molar refractivity (Wildman–Crippen MR) is 75.3 cm³/mol. The molecule has 5 nitrogen and oxygen atoms in total. The van der Waals surface area contributed by atoms with Crippen molar-refractivity contribution in [1.29, 1.82) is 0 Å². The fourth-order valence-corrected chi connectivity index (χ4v) is 2.10. The lowest BCUT2D eigenvalue weighted by Gasteiger charge is -2.20. The molecule has 1 aromatic carbocycles. The number of carbonyl (C=O) groups is 2. The van der Waals surface area contributed by atoms with Gasteiger partial charge in [-0.3, -0.25) is 9.59 Å². The van der Waals surface area contributed by atoms with Crippen molar-refractivity contribution in [2.45, 2.75) is 25.9 Å². The Morgan fingerprint density at radius 1 is 1.40 bits per heavy atom. The number of nitrogens with two attached hydrogens (primary N) is 1. The third-order valence-corrected chi connectivity index (χ3v) is 3.48. The molecule has 2 amide bonds. The molecule has 20 heavy (non-hydrogen) atoms. The van der Waals surface area contributed by atoms with E-state index in [0.717, 1.165) is 12.8 Å². The number of rotatable bonds is 4. The van der Waals surface area contributed by atoms with Gasteiger partial charge in [0.25, 0.3) is 5.91 Å². The van der Waals surface area contributed by atoms with Gasteiger partial charge in [0.1, 0.15) is 5.75 Å². The Hall–Kier alpha value is -1.30. The van der Waals surface area contributed by atoms with Crippen molar-refractivity contribution >= 4 is 35.0 Å². The second kappa shape index (κ2) is 5.99. The van der Waals surface area contributed by atoms with Crippen LogP contribution in [-0.4, -0.2) is 22.9 Å². The van der Waals surface area contributed by atoms with Crippen LogP contribution in [-0.2, 0) is 9.59 Å².